The van der Waals surface area contributed by atoms with Crippen molar-refractivity contribution in [2.75, 3.05) is 11.5 Å². The first-order valence-electron chi connectivity index (χ1n) is 3.67. The molecule has 0 N–H and O–H groups in total. The number of thioether (sulfide) groups is 2. The van der Waals surface area contributed by atoms with Crippen molar-refractivity contribution in [2.45, 2.75) is 22.3 Å². The molecule has 0 saturated carbocycles. The molecule has 1 nitrogen and oxygen atoms in total. The predicted molar refractivity (Wildman–Crippen MR) is 61.3 cm³/mol. The zero-order chi connectivity index (χ0) is 8.97. The van der Waals surface area contributed by atoms with Gasteiger partial charge in [-0.25, -0.2) is 0 Å². The Bertz CT molecular complexity index is 261. The smallest absolute Gasteiger partial charge is 0.265 e. The predicted octanol–water partition coefficient (Wildman–Crippen LogP) is 3.39. The highest BCUT2D eigenvalue weighted by Gasteiger charge is 2.07. The Morgan fingerprint density at radius 1 is 1.08 bits per heavy atom. The van der Waals surface area contributed by atoms with Crippen molar-refractivity contribution in [1.29, 1.82) is 0 Å². The van der Waals surface area contributed by atoms with Gasteiger partial charge in [-0.2, -0.15) is 0 Å². The second-order valence-electron chi connectivity index (χ2n) is 1.90. The number of hydrogen-bond acceptors (Lipinski definition) is 5. The van der Waals surface area contributed by atoms with Crippen LogP contribution in [-0.4, -0.2) is 11.5 Å². The van der Waals surface area contributed by atoms with Crippen LogP contribution in [0.2, 0.25) is 0 Å². The molecule has 12 heavy (non-hydrogen) atoms. The van der Waals surface area contributed by atoms with Crippen molar-refractivity contribution < 1.29 is 0 Å². The fraction of sp³-hybridized carbons (Fsp3) is 0.571. The normalized spacial score (nSPS) is 10.5. The van der Waals surface area contributed by atoms with Gasteiger partial charge in [0.25, 0.3) is 4.06 Å². The molecule has 0 aliphatic rings. The molecule has 1 rings (SSSR count). The first-order chi connectivity index (χ1) is 5.77. The number of rotatable bonds is 4. The van der Waals surface area contributed by atoms with E-state index in [4.69, 9.17) is 0 Å². The van der Waals surface area contributed by atoms with Crippen molar-refractivity contribution in [2.24, 2.45) is 0 Å². The quantitative estimate of drug-likeness (QED) is 0.749. The molecule has 0 aliphatic carbocycles. The molecule has 1 heterocycles. The van der Waals surface area contributed by atoms with E-state index in [1.54, 1.807) is 23.5 Å². The molecule has 1 aromatic heterocycles. The van der Waals surface area contributed by atoms with Crippen LogP contribution in [0.3, 0.4) is 0 Å². The molecule has 0 spiro atoms. The molecule has 5 heteroatoms. The average molecular weight is 238 g/mol. The summed E-state index contributed by atoms with van der Waals surface area (Å²) < 4.78 is 2.64. The Balaban J connectivity index is 2.84. The molecule has 0 amide bonds. The third kappa shape index (κ3) is 2.80. The van der Waals surface area contributed by atoms with Crippen LogP contribution < -0.4 is 4.06 Å². The monoisotopic (exact) mass is 238 g/mol. The van der Waals surface area contributed by atoms with Crippen LogP contribution in [0.4, 0.5) is 0 Å². The highest BCUT2D eigenvalue weighted by atomic mass is 32.2. The lowest BCUT2D eigenvalue weighted by atomic mass is 11.0. The van der Waals surface area contributed by atoms with E-state index < -0.39 is 0 Å². The minimum absolute atomic E-state index is 0.224. The summed E-state index contributed by atoms with van der Waals surface area (Å²) in [6, 6.07) is 0. The molecule has 0 fully saturated rings. The van der Waals surface area contributed by atoms with Crippen molar-refractivity contribution >= 4 is 46.2 Å². The zero-order valence-electron chi connectivity index (χ0n) is 6.96. The molecule has 0 saturated heterocycles. The molecule has 0 atom stereocenters. The third-order valence-corrected chi connectivity index (χ3v) is 5.92. The lowest BCUT2D eigenvalue weighted by Gasteiger charge is -1.96. The van der Waals surface area contributed by atoms with E-state index in [-0.39, 0.29) is 4.06 Å². The van der Waals surface area contributed by atoms with E-state index in [9.17, 15) is 4.79 Å². The summed E-state index contributed by atoms with van der Waals surface area (Å²) in [4.78, 5) is 11.1. The van der Waals surface area contributed by atoms with Crippen molar-refractivity contribution in [3.8, 4) is 0 Å². The molecule has 0 aliphatic heterocycles. The Morgan fingerprint density at radius 3 is 1.83 bits per heavy atom. The van der Waals surface area contributed by atoms with Crippen molar-refractivity contribution in [1.82, 2.24) is 0 Å². The Hall–Kier alpha value is 0.550. The van der Waals surface area contributed by atoms with E-state index in [1.165, 1.54) is 31.1 Å². The standard InChI is InChI=1S/C7H10OS4/c1-3-9-5-6(10-4-2)12-7(8)11-5/h3-4H2,1-2H3. The first kappa shape index (κ1) is 10.6. The van der Waals surface area contributed by atoms with Crippen LogP contribution in [0.1, 0.15) is 13.8 Å². The van der Waals surface area contributed by atoms with Crippen LogP contribution >= 0.6 is 46.2 Å². The van der Waals surface area contributed by atoms with Gasteiger partial charge in [0, 0.05) is 0 Å². The zero-order valence-corrected chi connectivity index (χ0v) is 10.2. The largest absolute Gasteiger partial charge is 0.289 e. The van der Waals surface area contributed by atoms with E-state index in [1.807, 2.05) is 0 Å². The summed E-state index contributed by atoms with van der Waals surface area (Å²) in [6.07, 6.45) is 0. The Labute approximate surface area is 88.6 Å². The molecule has 0 radical (unpaired) electrons. The topological polar surface area (TPSA) is 17.1 Å². The van der Waals surface area contributed by atoms with Crippen LogP contribution in [0.5, 0.6) is 0 Å². The SMILES string of the molecule is CCSc1sc(=O)sc1SCC. The van der Waals surface area contributed by atoms with Gasteiger partial charge in [-0.15, -0.1) is 23.5 Å². The molecule has 0 unspecified atom stereocenters. The molecule has 0 bridgehead atoms. The van der Waals surface area contributed by atoms with Gasteiger partial charge in [-0.3, -0.25) is 4.79 Å². The van der Waals surface area contributed by atoms with Gasteiger partial charge in [0.05, 0.1) is 8.42 Å². The minimum atomic E-state index is 0.224. The molecule has 68 valence electrons. The fourth-order valence-corrected chi connectivity index (χ4v) is 5.75. The highest BCUT2D eigenvalue weighted by Crippen LogP contribution is 2.35. The van der Waals surface area contributed by atoms with Crippen LogP contribution in [0.15, 0.2) is 13.2 Å². The molecular formula is C7H10OS4. The van der Waals surface area contributed by atoms with Crippen LogP contribution in [0.25, 0.3) is 0 Å². The maximum Gasteiger partial charge on any atom is 0.289 e. The lowest BCUT2D eigenvalue weighted by molar-refractivity contribution is 1.44. The summed E-state index contributed by atoms with van der Waals surface area (Å²) in [5, 5.41) is 0. The van der Waals surface area contributed by atoms with Crippen molar-refractivity contribution in [3.63, 3.8) is 0 Å². The fourth-order valence-electron chi connectivity index (χ4n) is 0.695. The maximum atomic E-state index is 11.1. The highest BCUT2D eigenvalue weighted by molar-refractivity contribution is 8.04. The van der Waals surface area contributed by atoms with Gasteiger partial charge >= 0.3 is 0 Å². The van der Waals surface area contributed by atoms with Crippen LogP contribution in [0, 0.1) is 0 Å². The Morgan fingerprint density at radius 2 is 1.50 bits per heavy atom. The van der Waals surface area contributed by atoms with Crippen molar-refractivity contribution in [3.05, 3.63) is 8.85 Å². The summed E-state index contributed by atoms with van der Waals surface area (Å²) in [5.41, 5.74) is 0. The van der Waals surface area contributed by atoms with Gasteiger partial charge < -0.3 is 0 Å². The van der Waals surface area contributed by atoms with Gasteiger partial charge in [-0.1, -0.05) is 36.5 Å². The molecular weight excluding hydrogens is 228 g/mol. The first-order valence-corrected chi connectivity index (χ1v) is 7.27. The summed E-state index contributed by atoms with van der Waals surface area (Å²) in [6.45, 7) is 4.22. The van der Waals surface area contributed by atoms with E-state index >= 15 is 0 Å². The second kappa shape index (κ2) is 5.32. The van der Waals surface area contributed by atoms with Gasteiger partial charge in [-0.05, 0) is 11.5 Å². The maximum absolute atomic E-state index is 11.1. The third-order valence-electron chi connectivity index (χ3n) is 1.07. The van der Waals surface area contributed by atoms with E-state index in [2.05, 4.69) is 13.8 Å². The van der Waals surface area contributed by atoms with Crippen LogP contribution in [-0.2, 0) is 0 Å². The second-order valence-corrected chi connectivity index (χ2v) is 7.19. The average Bonchev–Trinajstić information content (AvgIpc) is 2.33. The molecule has 0 aromatic carbocycles. The summed E-state index contributed by atoms with van der Waals surface area (Å²) >= 11 is 6.31. The van der Waals surface area contributed by atoms with Gasteiger partial charge in [0.15, 0.2) is 0 Å². The van der Waals surface area contributed by atoms with E-state index in [0.29, 0.717) is 0 Å². The minimum Gasteiger partial charge on any atom is -0.265 e. The van der Waals surface area contributed by atoms with Gasteiger partial charge in [0.1, 0.15) is 0 Å². The lowest BCUT2D eigenvalue weighted by Crippen LogP contribution is -1.74. The summed E-state index contributed by atoms with van der Waals surface area (Å²) in [7, 11) is 0. The number of hydrogen-bond donors (Lipinski definition) is 0. The van der Waals surface area contributed by atoms with Gasteiger partial charge in [0.2, 0.25) is 0 Å². The summed E-state index contributed by atoms with van der Waals surface area (Å²) in [5.74, 6) is 2.09. The molecule has 1 aromatic rings. The van der Waals surface area contributed by atoms with E-state index in [0.717, 1.165) is 11.5 Å². The Kier molecular flexibility index (Phi) is 4.71.